The van der Waals surface area contributed by atoms with E-state index in [-0.39, 0.29) is 6.61 Å². The van der Waals surface area contributed by atoms with Gasteiger partial charge in [-0.25, -0.2) is 5.11 Å². The first-order valence-corrected chi connectivity index (χ1v) is 7.72. The van der Waals surface area contributed by atoms with Crippen molar-refractivity contribution in [1.29, 1.82) is 0 Å². The van der Waals surface area contributed by atoms with E-state index in [0.717, 1.165) is 5.56 Å². The Balaban J connectivity index is 3.14. The Morgan fingerprint density at radius 3 is 2.17 bits per heavy atom. The molecular weight excluding hydrogens is 164 g/mol. The molecule has 0 aliphatic heterocycles. The van der Waals surface area contributed by atoms with E-state index in [1.807, 2.05) is 18.2 Å². The van der Waals surface area contributed by atoms with Crippen LogP contribution >= 0.6 is 0 Å². The summed E-state index contributed by atoms with van der Waals surface area (Å²) in [5, 5.41) is 12.1. The summed E-state index contributed by atoms with van der Waals surface area (Å²) in [5.74, 6) is 0. The number of benzene rings is 1. The summed E-state index contributed by atoms with van der Waals surface area (Å²) in [6, 6.07) is 8.00. The van der Waals surface area contributed by atoms with E-state index in [0.29, 0.717) is 0 Å². The van der Waals surface area contributed by atoms with Gasteiger partial charge in [-0.1, -0.05) is 49.1 Å². The third-order valence-electron chi connectivity index (χ3n) is 1.98. The fourth-order valence-corrected chi connectivity index (χ4v) is 3.09. The van der Waals surface area contributed by atoms with Crippen LogP contribution in [0.15, 0.2) is 24.3 Å². The standard InChI is InChI=1S/C10H15OSi/c1-12(2,3)10-7-5-4-6-9(10)8-11/h4-7H,8H2,1-3H3. The molecular formula is C10H15OSi. The van der Waals surface area contributed by atoms with Crippen LogP contribution in [0, 0.1) is 0 Å². The van der Waals surface area contributed by atoms with Gasteiger partial charge in [0.15, 0.2) is 0 Å². The van der Waals surface area contributed by atoms with Gasteiger partial charge in [0.1, 0.15) is 6.61 Å². The maximum Gasteiger partial charge on any atom is 0.107 e. The third kappa shape index (κ3) is 1.96. The van der Waals surface area contributed by atoms with Gasteiger partial charge in [-0.3, -0.25) is 0 Å². The van der Waals surface area contributed by atoms with Crippen molar-refractivity contribution in [2.45, 2.75) is 26.2 Å². The third-order valence-corrected chi connectivity index (χ3v) is 4.08. The molecule has 1 rings (SSSR count). The van der Waals surface area contributed by atoms with Gasteiger partial charge in [0.2, 0.25) is 0 Å². The van der Waals surface area contributed by atoms with E-state index >= 15 is 0 Å². The van der Waals surface area contributed by atoms with Gasteiger partial charge in [0, 0.05) is 0 Å². The van der Waals surface area contributed by atoms with Crippen molar-refractivity contribution < 1.29 is 5.11 Å². The summed E-state index contributed by atoms with van der Waals surface area (Å²) >= 11 is 0. The second-order valence-electron chi connectivity index (χ2n) is 4.05. The van der Waals surface area contributed by atoms with Crippen molar-refractivity contribution in [1.82, 2.24) is 0 Å². The van der Waals surface area contributed by atoms with Gasteiger partial charge in [0.25, 0.3) is 0 Å². The van der Waals surface area contributed by atoms with Crippen LogP contribution in [0.5, 0.6) is 0 Å². The molecule has 0 heterocycles. The Labute approximate surface area is 75.1 Å². The molecule has 0 N–H and O–H groups in total. The SMILES string of the molecule is C[Si](C)(C)c1ccccc1C[O]. The lowest BCUT2D eigenvalue weighted by Gasteiger charge is -2.19. The van der Waals surface area contributed by atoms with Crippen molar-refractivity contribution in [2.75, 3.05) is 0 Å². The molecule has 0 spiro atoms. The molecule has 0 bridgehead atoms. The zero-order chi connectivity index (χ0) is 9.19. The molecule has 1 radical (unpaired) electrons. The molecule has 0 aliphatic rings. The molecule has 0 aromatic heterocycles. The van der Waals surface area contributed by atoms with E-state index in [4.69, 9.17) is 0 Å². The summed E-state index contributed by atoms with van der Waals surface area (Å²) in [7, 11) is -1.30. The van der Waals surface area contributed by atoms with Crippen LogP contribution in [-0.4, -0.2) is 8.07 Å². The zero-order valence-electron chi connectivity index (χ0n) is 7.92. The summed E-state index contributed by atoms with van der Waals surface area (Å²) < 4.78 is 0. The lowest BCUT2D eigenvalue weighted by atomic mass is 10.2. The van der Waals surface area contributed by atoms with Crippen LogP contribution in [0.4, 0.5) is 0 Å². The fourth-order valence-electron chi connectivity index (χ4n) is 1.38. The van der Waals surface area contributed by atoms with E-state index < -0.39 is 8.07 Å². The van der Waals surface area contributed by atoms with Crippen molar-refractivity contribution in [3.63, 3.8) is 0 Å². The second-order valence-corrected chi connectivity index (χ2v) is 9.09. The van der Waals surface area contributed by atoms with Crippen LogP contribution in [0.1, 0.15) is 5.56 Å². The van der Waals surface area contributed by atoms with Gasteiger partial charge in [0.05, 0.1) is 8.07 Å². The highest BCUT2D eigenvalue weighted by Crippen LogP contribution is 2.06. The Morgan fingerprint density at radius 2 is 1.75 bits per heavy atom. The van der Waals surface area contributed by atoms with E-state index in [1.165, 1.54) is 5.19 Å². The Hall–Kier alpha value is -0.603. The average Bonchev–Trinajstić information content (AvgIpc) is 2.03. The minimum atomic E-state index is -1.30. The molecule has 0 fully saturated rings. The van der Waals surface area contributed by atoms with Crippen LogP contribution in [0.2, 0.25) is 19.6 Å². The molecule has 2 heteroatoms. The number of hydrogen-bond donors (Lipinski definition) is 0. The summed E-state index contributed by atoms with van der Waals surface area (Å²) in [4.78, 5) is 0. The van der Waals surface area contributed by atoms with Gasteiger partial charge in [-0.15, -0.1) is 0 Å². The minimum Gasteiger partial charge on any atom is -0.232 e. The van der Waals surface area contributed by atoms with Crippen LogP contribution in [0.25, 0.3) is 0 Å². The van der Waals surface area contributed by atoms with E-state index in [1.54, 1.807) is 0 Å². The number of rotatable bonds is 2. The first kappa shape index (κ1) is 9.48. The van der Waals surface area contributed by atoms with E-state index in [2.05, 4.69) is 25.7 Å². The quantitative estimate of drug-likeness (QED) is 0.620. The first-order valence-electron chi connectivity index (χ1n) is 4.22. The predicted octanol–water partition coefficient (Wildman–Crippen LogP) is 2.16. The van der Waals surface area contributed by atoms with Gasteiger partial charge in [-0.05, 0) is 5.56 Å². The summed E-state index contributed by atoms with van der Waals surface area (Å²) in [5.41, 5.74) is 0.983. The maximum absolute atomic E-state index is 10.8. The van der Waals surface area contributed by atoms with Crippen LogP contribution < -0.4 is 5.19 Å². The van der Waals surface area contributed by atoms with Crippen molar-refractivity contribution in [2.24, 2.45) is 0 Å². The molecule has 12 heavy (non-hydrogen) atoms. The van der Waals surface area contributed by atoms with Gasteiger partial charge in [-0.2, -0.15) is 0 Å². The van der Waals surface area contributed by atoms with Crippen LogP contribution in [-0.2, 0) is 11.7 Å². The minimum absolute atomic E-state index is 0.0829. The highest BCUT2D eigenvalue weighted by molar-refractivity contribution is 6.89. The predicted molar refractivity (Wildman–Crippen MR) is 53.8 cm³/mol. The normalized spacial score (nSPS) is 11.7. The molecule has 65 valence electrons. The molecule has 1 aromatic carbocycles. The molecule has 0 aliphatic carbocycles. The number of hydrogen-bond acceptors (Lipinski definition) is 0. The molecule has 0 atom stereocenters. The largest absolute Gasteiger partial charge is 0.232 e. The lowest BCUT2D eigenvalue weighted by molar-refractivity contribution is 0.178. The second kappa shape index (κ2) is 3.41. The first-order chi connectivity index (χ1) is 5.55. The molecule has 0 amide bonds. The zero-order valence-corrected chi connectivity index (χ0v) is 8.92. The molecule has 1 aromatic rings. The topological polar surface area (TPSA) is 19.9 Å². The smallest absolute Gasteiger partial charge is 0.107 e. The van der Waals surface area contributed by atoms with Gasteiger partial charge >= 0.3 is 0 Å². The molecule has 0 unspecified atom stereocenters. The average molecular weight is 179 g/mol. The maximum atomic E-state index is 10.8. The van der Waals surface area contributed by atoms with Crippen molar-refractivity contribution in [3.05, 3.63) is 29.8 Å². The Morgan fingerprint density at radius 1 is 1.17 bits per heavy atom. The Kier molecular flexibility index (Phi) is 2.70. The Bertz CT molecular complexity index is 263. The molecule has 1 nitrogen and oxygen atoms in total. The molecule has 0 saturated heterocycles. The van der Waals surface area contributed by atoms with Gasteiger partial charge < -0.3 is 0 Å². The summed E-state index contributed by atoms with van der Waals surface area (Å²) in [6.45, 7) is 6.71. The summed E-state index contributed by atoms with van der Waals surface area (Å²) in [6.07, 6.45) is 0. The van der Waals surface area contributed by atoms with E-state index in [9.17, 15) is 5.11 Å². The monoisotopic (exact) mass is 179 g/mol. The highest BCUT2D eigenvalue weighted by Gasteiger charge is 2.18. The van der Waals surface area contributed by atoms with Crippen molar-refractivity contribution >= 4 is 13.3 Å². The molecule has 0 saturated carbocycles. The highest BCUT2D eigenvalue weighted by atomic mass is 28.3. The fraction of sp³-hybridized carbons (Fsp3) is 0.400. The lowest BCUT2D eigenvalue weighted by Crippen LogP contribution is -2.39. The van der Waals surface area contributed by atoms with Crippen molar-refractivity contribution in [3.8, 4) is 0 Å². The van der Waals surface area contributed by atoms with Crippen LogP contribution in [0.3, 0.4) is 0 Å².